The van der Waals surface area contributed by atoms with E-state index < -0.39 is 6.04 Å². The van der Waals surface area contributed by atoms with Crippen molar-refractivity contribution in [2.24, 2.45) is 0 Å². The van der Waals surface area contributed by atoms with Crippen LogP contribution < -0.4 is 5.32 Å². The molecular weight excluding hydrogens is 392 g/mol. The number of amides is 2. The number of benzene rings is 2. The third kappa shape index (κ3) is 6.57. The second-order valence-corrected chi connectivity index (χ2v) is 8.09. The molecule has 0 spiro atoms. The summed E-state index contributed by atoms with van der Waals surface area (Å²) >= 11 is 7.55. The fourth-order valence-electron chi connectivity index (χ4n) is 2.94. The van der Waals surface area contributed by atoms with Crippen LogP contribution in [0.4, 0.5) is 0 Å². The van der Waals surface area contributed by atoms with Crippen molar-refractivity contribution >= 4 is 35.2 Å². The van der Waals surface area contributed by atoms with E-state index in [1.165, 1.54) is 11.8 Å². The third-order valence-electron chi connectivity index (χ3n) is 4.49. The number of nitrogens with one attached hydrogen (secondary N) is 1. The zero-order valence-electron chi connectivity index (χ0n) is 16.6. The summed E-state index contributed by atoms with van der Waals surface area (Å²) in [6.45, 7) is 4.37. The Kier molecular flexibility index (Phi) is 8.87. The first-order valence-electron chi connectivity index (χ1n) is 9.33. The zero-order valence-corrected chi connectivity index (χ0v) is 18.1. The van der Waals surface area contributed by atoms with Gasteiger partial charge in [0.15, 0.2) is 0 Å². The number of aryl methyl sites for hydroxylation is 1. The third-order valence-corrected chi connectivity index (χ3v) is 5.71. The van der Waals surface area contributed by atoms with Gasteiger partial charge in [0.1, 0.15) is 6.04 Å². The second-order valence-electron chi connectivity index (χ2n) is 6.67. The Labute approximate surface area is 176 Å². The highest BCUT2D eigenvalue weighted by Gasteiger charge is 2.27. The topological polar surface area (TPSA) is 49.4 Å². The molecule has 0 bridgehead atoms. The normalized spacial score (nSPS) is 11.7. The second kappa shape index (κ2) is 11.1. The van der Waals surface area contributed by atoms with Crippen LogP contribution in [0.5, 0.6) is 0 Å². The minimum atomic E-state index is -0.481. The summed E-state index contributed by atoms with van der Waals surface area (Å²) in [5.41, 5.74) is 3.26. The molecule has 2 amide bonds. The van der Waals surface area contributed by atoms with Crippen LogP contribution in [0.3, 0.4) is 0 Å². The van der Waals surface area contributed by atoms with E-state index in [1.54, 1.807) is 11.9 Å². The Bertz CT molecular complexity index is 795. The molecule has 0 aliphatic heterocycles. The van der Waals surface area contributed by atoms with Crippen LogP contribution in [-0.4, -0.2) is 35.6 Å². The highest BCUT2D eigenvalue weighted by molar-refractivity contribution is 7.99. The van der Waals surface area contributed by atoms with Crippen LogP contribution >= 0.6 is 23.4 Å². The molecule has 0 aliphatic carbocycles. The van der Waals surface area contributed by atoms with Crippen molar-refractivity contribution in [3.63, 3.8) is 0 Å². The standard InChI is InChI=1S/C22H27ClN2O2S/c1-4-20(22(27)24-3)25(13-17-10-8-16(2)9-11-17)21(26)15-28-14-18-6-5-7-19(23)12-18/h5-12,20H,4,13-15H2,1-3H3,(H,24,27)/t20-/m0/s1. The van der Waals surface area contributed by atoms with E-state index in [4.69, 9.17) is 11.6 Å². The van der Waals surface area contributed by atoms with Gasteiger partial charge >= 0.3 is 0 Å². The van der Waals surface area contributed by atoms with Gasteiger partial charge in [0.05, 0.1) is 5.75 Å². The number of nitrogens with zero attached hydrogens (tertiary/aromatic N) is 1. The molecule has 0 aliphatic rings. The van der Waals surface area contributed by atoms with Crippen LogP contribution in [0.1, 0.15) is 30.0 Å². The number of hydrogen-bond acceptors (Lipinski definition) is 3. The molecule has 0 fully saturated rings. The predicted octanol–water partition coefficient (Wildman–Crippen LogP) is 4.44. The lowest BCUT2D eigenvalue weighted by Gasteiger charge is -2.30. The molecular formula is C22H27ClN2O2S. The number of rotatable bonds is 9. The summed E-state index contributed by atoms with van der Waals surface area (Å²) in [4.78, 5) is 27.0. The van der Waals surface area contributed by atoms with Crippen LogP contribution in [0, 0.1) is 6.92 Å². The number of carbonyl (C=O) groups excluding carboxylic acids is 2. The summed E-state index contributed by atoms with van der Waals surface area (Å²) in [5.74, 6) is 0.832. The molecule has 0 radical (unpaired) electrons. The molecule has 150 valence electrons. The van der Waals surface area contributed by atoms with Crippen molar-refractivity contribution in [3.8, 4) is 0 Å². The maximum absolute atomic E-state index is 13.0. The molecule has 1 atom stereocenters. The van der Waals surface area contributed by atoms with Crippen molar-refractivity contribution in [2.75, 3.05) is 12.8 Å². The van der Waals surface area contributed by atoms with Gasteiger partial charge in [0.2, 0.25) is 11.8 Å². The molecule has 0 saturated heterocycles. The van der Waals surface area contributed by atoms with Crippen molar-refractivity contribution in [1.29, 1.82) is 0 Å². The van der Waals surface area contributed by atoms with Crippen LogP contribution in [0.15, 0.2) is 48.5 Å². The average molecular weight is 419 g/mol. The maximum Gasteiger partial charge on any atom is 0.242 e. The fraction of sp³-hybridized carbons (Fsp3) is 0.364. The van der Waals surface area contributed by atoms with Gasteiger partial charge in [0, 0.05) is 24.4 Å². The van der Waals surface area contributed by atoms with Gasteiger partial charge in [-0.05, 0) is 36.6 Å². The average Bonchev–Trinajstić information content (AvgIpc) is 2.69. The molecule has 1 N–H and O–H groups in total. The van der Waals surface area contributed by atoms with Gasteiger partial charge in [-0.1, -0.05) is 60.5 Å². The van der Waals surface area contributed by atoms with E-state index in [-0.39, 0.29) is 11.8 Å². The van der Waals surface area contributed by atoms with E-state index >= 15 is 0 Å². The Morgan fingerprint density at radius 1 is 1.14 bits per heavy atom. The molecule has 0 saturated carbocycles. The number of hydrogen-bond donors (Lipinski definition) is 1. The van der Waals surface area contributed by atoms with E-state index in [9.17, 15) is 9.59 Å². The lowest BCUT2D eigenvalue weighted by Crippen LogP contribution is -2.48. The largest absolute Gasteiger partial charge is 0.357 e. The molecule has 0 heterocycles. The lowest BCUT2D eigenvalue weighted by molar-refractivity contribution is -0.139. The van der Waals surface area contributed by atoms with E-state index in [2.05, 4.69) is 5.32 Å². The molecule has 28 heavy (non-hydrogen) atoms. The molecule has 2 rings (SSSR count). The van der Waals surface area contributed by atoms with Crippen LogP contribution in [0.2, 0.25) is 5.02 Å². The van der Waals surface area contributed by atoms with Gasteiger partial charge < -0.3 is 10.2 Å². The summed E-state index contributed by atoms with van der Waals surface area (Å²) in [7, 11) is 1.60. The molecule has 2 aromatic carbocycles. The minimum Gasteiger partial charge on any atom is -0.357 e. The SMILES string of the molecule is CC[C@@H](C(=O)NC)N(Cc1ccc(C)cc1)C(=O)CSCc1cccc(Cl)c1. The molecule has 2 aromatic rings. The van der Waals surface area contributed by atoms with Crippen LogP contribution in [-0.2, 0) is 21.9 Å². The predicted molar refractivity (Wildman–Crippen MR) is 117 cm³/mol. The van der Waals surface area contributed by atoms with Crippen molar-refractivity contribution in [2.45, 2.75) is 38.6 Å². The van der Waals surface area contributed by atoms with Gasteiger partial charge in [-0.25, -0.2) is 0 Å². The monoisotopic (exact) mass is 418 g/mol. The lowest BCUT2D eigenvalue weighted by atomic mass is 10.1. The van der Waals surface area contributed by atoms with Crippen molar-refractivity contribution in [1.82, 2.24) is 10.2 Å². The number of thioether (sulfide) groups is 1. The fourth-order valence-corrected chi connectivity index (χ4v) is 4.01. The number of likely N-dealkylation sites (N-methyl/N-ethyl adjacent to an activating group) is 1. The van der Waals surface area contributed by atoms with Crippen molar-refractivity contribution in [3.05, 3.63) is 70.2 Å². The first-order chi connectivity index (χ1) is 13.4. The molecule has 6 heteroatoms. The van der Waals surface area contributed by atoms with Gasteiger partial charge in [-0.15, -0.1) is 11.8 Å². The van der Waals surface area contributed by atoms with Gasteiger partial charge in [-0.2, -0.15) is 0 Å². The zero-order chi connectivity index (χ0) is 20.5. The van der Waals surface area contributed by atoms with Crippen molar-refractivity contribution < 1.29 is 9.59 Å². The summed E-state index contributed by atoms with van der Waals surface area (Å²) in [5, 5.41) is 3.37. The first kappa shape index (κ1) is 22.3. The number of halogens is 1. The first-order valence-corrected chi connectivity index (χ1v) is 10.9. The summed E-state index contributed by atoms with van der Waals surface area (Å²) in [6.07, 6.45) is 0.566. The van der Waals surface area contributed by atoms with Crippen LogP contribution in [0.25, 0.3) is 0 Å². The van der Waals surface area contributed by atoms with Gasteiger partial charge in [-0.3, -0.25) is 9.59 Å². The Hall–Kier alpha value is -1.98. The maximum atomic E-state index is 13.0. The number of carbonyl (C=O) groups is 2. The summed E-state index contributed by atoms with van der Waals surface area (Å²) < 4.78 is 0. The van der Waals surface area contributed by atoms with E-state index in [0.29, 0.717) is 29.5 Å². The quantitative estimate of drug-likeness (QED) is 0.655. The highest BCUT2D eigenvalue weighted by Crippen LogP contribution is 2.19. The van der Waals surface area contributed by atoms with E-state index in [0.717, 1.165) is 16.7 Å². The molecule has 4 nitrogen and oxygen atoms in total. The Morgan fingerprint density at radius 2 is 1.86 bits per heavy atom. The minimum absolute atomic E-state index is 0.0388. The smallest absolute Gasteiger partial charge is 0.242 e. The molecule has 0 aromatic heterocycles. The Balaban J connectivity index is 2.08. The molecule has 0 unspecified atom stereocenters. The van der Waals surface area contributed by atoms with Gasteiger partial charge in [0.25, 0.3) is 0 Å². The Morgan fingerprint density at radius 3 is 2.46 bits per heavy atom. The van der Waals surface area contributed by atoms with E-state index in [1.807, 2.05) is 62.4 Å². The highest BCUT2D eigenvalue weighted by atomic mass is 35.5. The summed E-state index contributed by atoms with van der Waals surface area (Å²) in [6, 6.07) is 15.2.